The van der Waals surface area contributed by atoms with E-state index in [4.69, 9.17) is 23.2 Å². The summed E-state index contributed by atoms with van der Waals surface area (Å²) in [5, 5.41) is 3.68. The van der Waals surface area contributed by atoms with E-state index in [2.05, 4.69) is 10.0 Å². The zero-order valence-corrected chi connectivity index (χ0v) is 19.7. The summed E-state index contributed by atoms with van der Waals surface area (Å²) in [4.78, 5) is 26.7. The normalized spacial score (nSPS) is 16.5. The molecule has 10 heteroatoms. The molecule has 2 aromatic rings. The van der Waals surface area contributed by atoms with Crippen molar-refractivity contribution in [2.24, 2.45) is 0 Å². The van der Waals surface area contributed by atoms with Gasteiger partial charge in [0.25, 0.3) is 5.91 Å². The molecule has 1 atom stereocenters. The topological polar surface area (TPSA) is 95.6 Å². The minimum Gasteiger partial charge on any atom is -0.350 e. The molecule has 0 fully saturated rings. The molecule has 170 valence electrons. The second kappa shape index (κ2) is 10.4. The van der Waals surface area contributed by atoms with Crippen LogP contribution in [0.2, 0.25) is 10.0 Å². The summed E-state index contributed by atoms with van der Waals surface area (Å²) < 4.78 is 27.4. The third-order valence-corrected chi connectivity index (χ3v) is 6.80. The molecule has 2 N–H and O–H groups in total. The van der Waals surface area contributed by atoms with Crippen LogP contribution in [-0.2, 0) is 31.9 Å². The van der Waals surface area contributed by atoms with Crippen molar-refractivity contribution in [1.82, 2.24) is 14.9 Å². The molecular weight excluding hydrogens is 473 g/mol. The van der Waals surface area contributed by atoms with Crippen molar-refractivity contribution in [3.63, 3.8) is 0 Å². The summed E-state index contributed by atoms with van der Waals surface area (Å²) in [5.74, 6) is -1.19. The summed E-state index contributed by atoms with van der Waals surface area (Å²) in [6.45, 7) is 1.74. The number of halogens is 2. The van der Waals surface area contributed by atoms with Gasteiger partial charge in [-0.15, -0.1) is 0 Å². The van der Waals surface area contributed by atoms with Gasteiger partial charge in [0.1, 0.15) is 12.2 Å². The first-order chi connectivity index (χ1) is 15.1. The van der Waals surface area contributed by atoms with Gasteiger partial charge in [0.05, 0.1) is 5.75 Å². The van der Waals surface area contributed by atoms with Crippen LogP contribution >= 0.6 is 23.2 Å². The molecule has 1 aliphatic heterocycles. The lowest BCUT2D eigenvalue weighted by Gasteiger charge is -2.32. The van der Waals surface area contributed by atoms with Gasteiger partial charge in [-0.1, -0.05) is 59.6 Å². The van der Waals surface area contributed by atoms with Crippen LogP contribution in [-0.4, -0.2) is 37.7 Å². The first-order valence-corrected chi connectivity index (χ1v) is 12.3. The Morgan fingerprint density at radius 2 is 1.88 bits per heavy atom. The molecule has 3 rings (SSSR count). The second-order valence-electron chi connectivity index (χ2n) is 7.49. The SMILES string of the molecule is CC1CC=C(NS(=O)(=O)Cc2ccccc2)C(=O)N1CC(=O)NCc1cc(Cl)ccc1Cl. The average molecular weight is 496 g/mol. The number of sulfonamides is 1. The molecule has 32 heavy (non-hydrogen) atoms. The molecule has 0 aliphatic carbocycles. The number of hydrogen-bond donors (Lipinski definition) is 2. The third-order valence-electron chi connectivity index (χ3n) is 4.95. The predicted molar refractivity (Wildman–Crippen MR) is 124 cm³/mol. The molecule has 0 spiro atoms. The Morgan fingerprint density at radius 1 is 1.16 bits per heavy atom. The van der Waals surface area contributed by atoms with Crippen LogP contribution in [0.15, 0.2) is 60.3 Å². The quantitative estimate of drug-likeness (QED) is 0.587. The summed E-state index contributed by atoms with van der Waals surface area (Å²) in [6.07, 6.45) is 1.97. The van der Waals surface area contributed by atoms with E-state index < -0.39 is 21.8 Å². The van der Waals surface area contributed by atoms with Crippen LogP contribution in [0.1, 0.15) is 24.5 Å². The van der Waals surface area contributed by atoms with Crippen molar-refractivity contribution in [2.45, 2.75) is 31.7 Å². The van der Waals surface area contributed by atoms with Gasteiger partial charge >= 0.3 is 0 Å². The first kappa shape index (κ1) is 24.1. The number of nitrogens with zero attached hydrogens (tertiary/aromatic N) is 1. The van der Waals surface area contributed by atoms with Gasteiger partial charge in [-0.25, -0.2) is 8.42 Å². The van der Waals surface area contributed by atoms with Crippen molar-refractivity contribution in [1.29, 1.82) is 0 Å². The fraction of sp³-hybridized carbons (Fsp3) is 0.273. The van der Waals surface area contributed by atoms with E-state index in [0.717, 1.165) is 0 Å². The molecule has 2 amide bonds. The van der Waals surface area contributed by atoms with E-state index in [9.17, 15) is 18.0 Å². The largest absolute Gasteiger partial charge is 0.350 e. The molecule has 0 bridgehead atoms. The van der Waals surface area contributed by atoms with Crippen molar-refractivity contribution < 1.29 is 18.0 Å². The molecule has 2 aromatic carbocycles. The highest BCUT2D eigenvalue weighted by molar-refractivity contribution is 7.88. The summed E-state index contributed by atoms with van der Waals surface area (Å²) in [7, 11) is -3.79. The fourth-order valence-corrected chi connectivity index (χ4v) is 4.84. The van der Waals surface area contributed by atoms with Crippen molar-refractivity contribution >= 4 is 45.0 Å². The minimum atomic E-state index is -3.79. The zero-order valence-electron chi connectivity index (χ0n) is 17.3. The molecule has 7 nitrogen and oxygen atoms in total. The van der Waals surface area contributed by atoms with Gasteiger partial charge in [0.15, 0.2) is 0 Å². The van der Waals surface area contributed by atoms with Crippen LogP contribution in [0, 0.1) is 0 Å². The van der Waals surface area contributed by atoms with E-state index >= 15 is 0 Å². The highest BCUT2D eigenvalue weighted by atomic mass is 35.5. The molecule has 0 radical (unpaired) electrons. The number of rotatable bonds is 8. The number of carbonyl (C=O) groups is 2. The van der Waals surface area contributed by atoms with Gasteiger partial charge < -0.3 is 10.2 Å². The van der Waals surface area contributed by atoms with Crippen molar-refractivity contribution in [3.05, 3.63) is 81.5 Å². The van der Waals surface area contributed by atoms with Gasteiger partial charge in [0.2, 0.25) is 15.9 Å². The van der Waals surface area contributed by atoms with Gasteiger partial charge in [-0.05, 0) is 42.7 Å². The van der Waals surface area contributed by atoms with Crippen LogP contribution in [0.5, 0.6) is 0 Å². The third kappa shape index (κ3) is 6.48. The number of hydrogen-bond acceptors (Lipinski definition) is 4. The first-order valence-electron chi connectivity index (χ1n) is 9.91. The Balaban J connectivity index is 1.61. The Bertz CT molecular complexity index is 1140. The molecule has 1 heterocycles. The summed E-state index contributed by atoms with van der Waals surface area (Å²) >= 11 is 12.1. The van der Waals surface area contributed by atoms with E-state index in [1.165, 1.54) is 4.90 Å². The fourth-order valence-electron chi connectivity index (χ4n) is 3.25. The lowest BCUT2D eigenvalue weighted by Crippen LogP contribution is -2.50. The molecule has 0 aromatic heterocycles. The molecule has 0 saturated carbocycles. The van der Waals surface area contributed by atoms with Crippen LogP contribution in [0.4, 0.5) is 0 Å². The average Bonchev–Trinajstić information content (AvgIpc) is 2.74. The van der Waals surface area contributed by atoms with E-state index in [-0.39, 0.29) is 30.6 Å². The van der Waals surface area contributed by atoms with Gasteiger partial charge in [-0.3, -0.25) is 14.3 Å². The monoisotopic (exact) mass is 495 g/mol. The van der Waals surface area contributed by atoms with E-state index in [1.807, 2.05) is 0 Å². The number of nitrogens with one attached hydrogen (secondary N) is 2. The van der Waals surface area contributed by atoms with Crippen molar-refractivity contribution in [3.8, 4) is 0 Å². The molecule has 1 aliphatic rings. The van der Waals surface area contributed by atoms with Gasteiger partial charge in [0, 0.05) is 22.6 Å². The lowest BCUT2D eigenvalue weighted by molar-refractivity contribution is -0.135. The predicted octanol–water partition coefficient (Wildman–Crippen LogP) is 3.23. The Hall–Kier alpha value is -2.55. The maximum atomic E-state index is 12.9. The summed E-state index contributed by atoms with van der Waals surface area (Å²) in [5.41, 5.74) is 1.21. The Morgan fingerprint density at radius 3 is 2.59 bits per heavy atom. The maximum absolute atomic E-state index is 12.9. The maximum Gasteiger partial charge on any atom is 0.271 e. The molecular formula is C22H23Cl2N3O4S. The minimum absolute atomic E-state index is 0.0512. The second-order valence-corrected chi connectivity index (χ2v) is 10.1. The molecule has 1 unspecified atom stereocenters. The number of benzene rings is 2. The lowest BCUT2D eigenvalue weighted by atomic mass is 10.1. The van der Waals surface area contributed by atoms with Crippen LogP contribution in [0.25, 0.3) is 0 Å². The number of amides is 2. The van der Waals surface area contributed by atoms with E-state index in [1.54, 1.807) is 61.5 Å². The Labute approximate surface area is 197 Å². The highest BCUT2D eigenvalue weighted by Gasteiger charge is 2.31. The Kier molecular flexibility index (Phi) is 7.82. The number of carbonyl (C=O) groups excluding carboxylic acids is 2. The van der Waals surface area contributed by atoms with Crippen LogP contribution < -0.4 is 10.0 Å². The standard InChI is InChI=1S/C22H23Cl2N3O4S/c1-15-7-10-20(26-32(30,31)14-16-5-3-2-4-6-16)22(29)27(15)13-21(28)25-12-17-11-18(23)8-9-19(17)24/h2-6,8-11,15,26H,7,12-14H2,1H3,(H,25,28). The summed E-state index contributed by atoms with van der Waals surface area (Å²) in [6, 6.07) is 13.4. The van der Waals surface area contributed by atoms with E-state index in [0.29, 0.717) is 27.6 Å². The van der Waals surface area contributed by atoms with Crippen LogP contribution in [0.3, 0.4) is 0 Å². The smallest absolute Gasteiger partial charge is 0.271 e. The van der Waals surface area contributed by atoms with Gasteiger partial charge in [-0.2, -0.15) is 0 Å². The highest BCUT2D eigenvalue weighted by Crippen LogP contribution is 2.21. The molecule has 0 saturated heterocycles. The zero-order chi connectivity index (χ0) is 23.3. The van der Waals surface area contributed by atoms with Crippen molar-refractivity contribution in [2.75, 3.05) is 6.54 Å².